The normalized spacial score (nSPS) is 11.3. The number of methoxy groups -OCH3 is 1. The zero-order valence-corrected chi connectivity index (χ0v) is 18.7. The van der Waals surface area contributed by atoms with Crippen LogP contribution in [0.4, 0.5) is 10.1 Å². The third-order valence-corrected chi connectivity index (χ3v) is 5.76. The van der Waals surface area contributed by atoms with Gasteiger partial charge in [-0.2, -0.15) is 13.5 Å². The van der Waals surface area contributed by atoms with Crippen molar-refractivity contribution in [3.05, 3.63) is 93.3 Å². The van der Waals surface area contributed by atoms with E-state index in [1.54, 1.807) is 0 Å². The molecule has 0 spiro atoms. The Morgan fingerprint density at radius 2 is 1.79 bits per heavy atom. The lowest BCUT2D eigenvalue weighted by atomic mass is 10.2. The molecule has 0 amide bonds. The topological polar surface area (TPSA) is 137 Å². The summed E-state index contributed by atoms with van der Waals surface area (Å²) in [7, 11) is -2.81. The molecule has 0 aliphatic heterocycles. The number of nitro groups is 1. The first-order chi connectivity index (χ1) is 16.1. The molecule has 0 aliphatic rings. The van der Waals surface area contributed by atoms with Gasteiger partial charge in [0.25, 0.3) is 15.7 Å². The molecule has 0 radical (unpaired) electrons. The minimum absolute atomic E-state index is 0.0847. The lowest BCUT2D eigenvalue weighted by molar-refractivity contribution is -0.385. The number of sulfonamides is 1. The first kappa shape index (κ1) is 24.3. The van der Waals surface area contributed by atoms with Crippen LogP contribution in [-0.4, -0.2) is 32.6 Å². The van der Waals surface area contributed by atoms with Crippen LogP contribution in [0.2, 0.25) is 0 Å². The van der Waals surface area contributed by atoms with Crippen molar-refractivity contribution < 1.29 is 32.0 Å². The summed E-state index contributed by atoms with van der Waals surface area (Å²) in [6.07, 6.45) is 1.17. The molecule has 1 N–H and O–H groups in total. The first-order valence-corrected chi connectivity index (χ1v) is 11.0. The van der Waals surface area contributed by atoms with Crippen LogP contribution in [0.5, 0.6) is 11.5 Å². The molecule has 12 heteroatoms. The highest BCUT2D eigenvalue weighted by Crippen LogP contribution is 2.28. The van der Waals surface area contributed by atoms with Crippen molar-refractivity contribution in [2.24, 2.45) is 5.10 Å². The van der Waals surface area contributed by atoms with E-state index in [-0.39, 0.29) is 27.6 Å². The molecule has 0 unspecified atom stereocenters. The number of aryl methyl sites for hydroxylation is 1. The van der Waals surface area contributed by atoms with Crippen molar-refractivity contribution in [2.75, 3.05) is 7.11 Å². The summed E-state index contributed by atoms with van der Waals surface area (Å²) >= 11 is 0. The molecule has 3 aromatic rings. The number of nitrogens with one attached hydrogen (secondary N) is 1. The number of halogens is 1. The fourth-order valence-electron chi connectivity index (χ4n) is 2.77. The Bertz CT molecular complexity index is 1370. The Kier molecular flexibility index (Phi) is 7.21. The summed E-state index contributed by atoms with van der Waals surface area (Å²) in [5, 5.41) is 14.7. The number of ether oxygens (including phenoxy) is 2. The van der Waals surface area contributed by atoms with Gasteiger partial charge in [-0.25, -0.2) is 14.0 Å². The number of hydrazone groups is 1. The molecule has 0 aliphatic carbocycles. The van der Waals surface area contributed by atoms with Gasteiger partial charge in [-0.05, 0) is 61.0 Å². The molecule has 0 saturated carbocycles. The second kappa shape index (κ2) is 10.1. The molecule has 0 atom stereocenters. The number of esters is 1. The summed E-state index contributed by atoms with van der Waals surface area (Å²) in [6.45, 7) is 1.49. The van der Waals surface area contributed by atoms with Crippen molar-refractivity contribution in [3.8, 4) is 11.5 Å². The van der Waals surface area contributed by atoms with Crippen LogP contribution in [0.3, 0.4) is 0 Å². The number of nitrogens with zero attached hydrogens (tertiary/aromatic N) is 2. The van der Waals surface area contributed by atoms with Crippen LogP contribution in [0.1, 0.15) is 21.5 Å². The lowest BCUT2D eigenvalue weighted by Crippen LogP contribution is -2.18. The third kappa shape index (κ3) is 5.72. The van der Waals surface area contributed by atoms with Crippen molar-refractivity contribution in [1.29, 1.82) is 0 Å². The number of carbonyl (C=O) groups excluding carboxylic acids is 1. The minimum atomic E-state index is -4.16. The van der Waals surface area contributed by atoms with Crippen molar-refractivity contribution in [2.45, 2.75) is 11.8 Å². The molecule has 0 fully saturated rings. The summed E-state index contributed by atoms with van der Waals surface area (Å²) in [5.74, 6) is -0.966. The second-order valence-electron chi connectivity index (χ2n) is 6.87. The fourth-order valence-corrected chi connectivity index (χ4v) is 3.58. The molecule has 3 aromatic carbocycles. The Balaban J connectivity index is 1.74. The van der Waals surface area contributed by atoms with Gasteiger partial charge in [0.2, 0.25) is 0 Å². The zero-order valence-electron chi connectivity index (χ0n) is 17.9. The third-order valence-electron chi connectivity index (χ3n) is 4.54. The summed E-state index contributed by atoms with van der Waals surface area (Å²) in [4.78, 5) is 24.3. The van der Waals surface area contributed by atoms with E-state index >= 15 is 0 Å². The predicted octanol–water partition coefficient (Wildman–Crippen LogP) is 3.58. The molecule has 0 heterocycles. The average Bonchev–Trinajstić information content (AvgIpc) is 2.80. The van der Waals surface area contributed by atoms with Crippen LogP contribution in [-0.2, 0) is 10.0 Å². The van der Waals surface area contributed by atoms with Crippen LogP contribution in [0.25, 0.3) is 0 Å². The van der Waals surface area contributed by atoms with Gasteiger partial charge in [-0.3, -0.25) is 10.1 Å². The standard InChI is InChI=1S/C22H18FN3O7S/c1-14-3-9-18(12-19(14)26(28)29)34(30,31)25-24-13-15-4-10-20(21(11-15)32-2)33-22(27)16-5-7-17(23)8-6-16/h3-13,25H,1-2H3. The van der Waals surface area contributed by atoms with Crippen LogP contribution in [0, 0.1) is 22.9 Å². The van der Waals surface area contributed by atoms with E-state index in [4.69, 9.17) is 9.47 Å². The number of carbonyl (C=O) groups is 1. The van der Waals surface area contributed by atoms with Crippen molar-refractivity contribution in [3.63, 3.8) is 0 Å². The molecular formula is C22H18FN3O7S. The molecular weight excluding hydrogens is 469 g/mol. The Morgan fingerprint density at radius 3 is 2.44 bits per heavy atom. The highest BCUT2D eigenvalue weighted by atomic mass is 32.2. The summed E-state index contributed by atoms with van der Waals surface area (Å²) < 4.78 is 48.3. The lowest BCUT2D eigenvalue weighted by Gasteiger charge is -2.10. The van der Waals surface area contributed by atoms with Gasteiger partial charge in [0.15, 0.2) is 11.5 Å². The number of nitro benzene ring substituents is 1. The maximum absolute atomic E-state index is 13.0. The van der Waals surface area contributed by atoms with E-state index in [0.717, 1.165) is 18.2 Å². The Morgan fingerprint density at radius 1 is 1.09 bits per heavy atom. The number of hydrogen-bond donors (Lipinski definition) is 1. The first-order valence-electron chi connectivity index (χ1n) is 9.56. The molecule has 0 saturated heterocycles. The van der Waals surface area contributed by atoms with E-state index in [2.05, 4.69) is 5.10 Å². The Hall–Kier alpha value is -4.32. The van der Waals surface area contributed by atoms with Crippen LogP contribution < -0.4 is 14.3 Å². The quantitative estimate of drug-likeness (QED) is 0.169. The molecule has 34 heavy (non-hydrogen) atoms. The maximum atomic E-state index is 13.0. The van der Waals surface area contributed by atoms with Crippen molar-refractivity contribution >= 4 is 27.9 Å². The molecule has 0 aromatic heterocycles. The number of rotatable bonds is 8. The predicted molar refractivity (Wildman–Crippen MR) is 120 cm³/mol. The summed E-state index contributed by atoms with van der Waals surface area (Å²) in [5.41, 5.74) is 0.526. The maximum Gasteiger partial charge on any atom is 0.343 e. The van der Waals surface area contributed by atoms with E-state index in [9.17, 15) is 27.7 Å². The molecule has 0 bridgehead atoms. The van der Waals surface area contributed by atoms with Gasteiger partial charge >= 0.3 is 5.97 Å². The van der Waals surface area contributed by atoms with Crippen molar-refractivity contribution in [1.82, 2.24) is 4.83 Å². The van der Waals surface area contributed by atoms with Gasteiger partial charge in [0.1, 0.15) is 5.82 Å². The minimum Gasteiger partial charge on any atom is -0.493 e. The SMILES string of the molecule is COc1cc(C=NNS(=O)(=O)c2ccc(C)c([N+](=O)[O-])c2)ccc1OC(=O)c1ccc(F)cc1. The molecule has 176 valence electrons. The Labute approximate surface area is 193 Å². The van der Waals surface area contributed by atoms with Gasteiger partial charge in [0.05, 0.1) is 28.7 Å². The molecule has 3 rings (SSSR count). The van der Waals surface area contributed by atoms with E-state index in [1.165, 1.54) is 62.7 Å². The smallest absolute Gasteiger partial charge is 0.343 e. The van der Waals surface area contributed by atoms with Gasteiger partial charge in [-0.15, -0.1) is 0 Å². The zero-order chi connectivity index (χ0) is 24.9. The molecule has 10 nitrogen and oxygen atoms in total. The van der Waals surface area contributed by atoms with E-state index < -0.39 is 26.7 Å². The van der Waals surface area contributed by atoms with E-state index in [1.807, 2.05) is 4.83 Å². The van der Waals surface area contributed by atoms with Gasteiger partial charge < -0.3 is 9.47 Å². The highest BCUT2D eigenvalue weighted by molar-refractivity contribution is 7.89. The van der Waals surface area contributed by atoms with E-state index in [0.29, 0.717) is 11.1 Å². The monoisotopic (exact) mass is 487 g/mol. The van der Waals surface area contributed by atoms with Crippen LogP contribution in [0.15, 0.2) is 70.7 Å². The van der Waals surface area contributed by atoms with Crippen LogP contribution >= 0.6 is 0 Å². The number of benzene rings is 3. The average molecular weight is 487 g/mol. The number of hydrogen-bond acceptors (Lipinski definition) is 8. The highest BCUT2D eigenvalue weighted by Gasteiger charge is 2.19. The summed E-state index contributed by atoms with van der Waals surface area (Å²) in [6, 6.07) is 12.7. The second-order valence-corrected chi connectivity index (χ2v) is 8.53. The largest absolute Gasteiger partial charge is 0.493 e. The fraction of sp³-hybridized carbons (Fsp3) is 0.0909. The van der Waals surface area contributed by atoms with Gasteiger partial charge in [-0.1, -0.05) is 6.07 Å². The van der Waals surface area contributed by atoms with Gasteiger partial charge in [0, 0.05) is 11.6 Å².